The van der Waals surface area contributed by atoms with Crippen LogP contribution in [0, 0.1) is 462 Å². The maximum atomic E-state index is 10.4. The number of aldehydes is 2. The molecule has 0 spiro atoms. The van der Waals surface area contributed by atoms with E-state index in [1.165, 1.54) is 6.04 Å². The van der Waals surface area contributed by atoms with Crippen LogP contribution in [0.25, 0.3) is 0 Å². The van der Waals surface area contributed by atoms with Crippen molar-refractivity contribution in [1.82, 2.24) is 9.78 Å². The molecule has 502 valence electrons. The van der Waals surface area contributed by atoms with Gasteiger partial charge in [0.05, 0.1) is 12.3 Å². The minimum Gasteiger partial charge on any atom is -0.366 e. The summed E-state index contributed by atoms with van der Waals surface area (Å²) in [5, 5.41) is 4.00. The number of halogens is 1. The predicted octanol–water partition coefficient (Wildman–Crippen LogP) is 5.90. The number of rotatable bonds is 11. The van der Waals surface area contributed by atoms with Crippen molar-refractivity contribution < 1.29 is 19.1 Å². The average Bonchev–Trinajstić information content (AvgIpc) is 1.79. The number of carbonyl (C=O) groups excluding carboxylic acids is 2. The molecule has 0 saturated carbocycles. The summed E-state index contributed by atoms with van der Waals surface area (Å²) in [7, 11) is -1.89. The minimum absolute atomic E-state index is 0.338. The number of aromatic nitrogens is 2. The standard InChI is InChI=1S/C80H6.C10H18N2O2Si.C6H15ClOSi.C5H5NO/c1-3-5-7-9-11-13-15-17-19-21-23-25-27-29-31-33-35-37-39-41-43-45-47-49-51-53-55-57-59-61-63-65-67-69-71-73-75-77-79-80-78-76-74-72-70-68-66-64-62-60-58-56-54-52-50-48-46-44-42-40-38-36-34-32-30-28-26-24-22-20-18-16-14-12-10-8-6-4-2;1-15(2,3)7-6-14-9-12-5-4-10(8-13)11-12;1-9(2,3)5-4-8-6-7;7-4-5-2-1-3-6-5/h1-2H3;4-5,8H,6-7,9H2,1-3H3;4-6H2,1-3H3;1-2,4H,3H2. The Morgan fingerprint density at radius 2 is 0.523 bits per heavy atom. The minimum atomic E-state index is -1.01. The molecule has 10 heteroatoms. The summed E-state index contributed by atoms with van der Waals surface area (Å²) in [5.41, 5.74) is 1.00. The lowest BCUT2D eigenvalue weighted by Gasteiger charge is -2.15. The van der Waals surface area contributed by atoms with E-state index in [1.54, 1.807) is 36.9 Å². The number of hydrogen-bond acceptors (Lipinski definition) is 6. The average molecular weight is 1460 g/mol. The monoisotopic (exact) mass is 1450 g/mol. The SMILES string of the molecule is CC#CC#CC#CC#CC#CC#CC#CC#CC#CC#CC#CC#CC#CC#CC#CC#CC#CC#CC#CC#CC#CC#CC#CC#CC#CC#CC#CC#CC#CC#CC#CC#CC#CC#CC#CC#CC#CC#CC#CC.C[Si](C)(C)CCOCCl.C[Si](C)(C)CCOCn1ccc(C=O)n1.O=CC1=NCC=C1. The topological polar surface area (TPSA) is 82.8 Å². The van der Waals surface area contributed by atoms with Gasteiger partial charge in [-0.05, 0) is 133 Å². The van der Waals surface area contributed by atoms with Crippen molar-refractivity contribution in [3.05, 3.63) is 30.1 Å². The Morgan fingerprint density at radius 3 is 0.658 bits per heavy atom. The van der Waals surface area contributed by atoms with Crippen LogP contribution in [-0.2, 0) is 21.0 Å². The van der Waals surface area contributed by atoms with Crippen LogP contribution in [0.15, 0.2) is 29.4 Å². The van der Waals surface area contributed by atoms with Gasteiger partial charge in [-0.3, -0.25) is 14.6 Å². The van der Waals surface area contributed by atoms with Crippen LogP contribution in [0.3, 0.4) is 0 Å². The number of hydrogen-bond donors (Lipinski definition) is 0. The highest BCUT2D eigenvalue weighted by Crippen LogP contribution is 2.08. The zero-order valence-electron chi connectivity index (χ0n) is 60.8. The maximum Gasteiger partial charge on any atom is 0.170 e. The molecule has 1 aliphatic heterocycles. The lowest BCUT2D eigenvalue weighted by molar-refractivity contribution is -0.102. The molecule has 0 aromatic carbocycles. The molecule has 0 bridgehead atoms. The van der Waals surface area contributed by atoms with Gasteiger partial charge in [0, 0.05) is 391 Å². The van der Waals surface area contributed by atoms with Crippen molar-refractivity contribution in [2.75, 3.05) is 25.8 Å². The summed E-state index contributed by atoms with van der Waals surface area (Å²) in [4.78, 5) is 24.0. The van der Waals surface area contributed by atoms with Gasteiger partial charge in [-0.25, -0.2) is 4.68 Å². The van der Waals surface area contributed by atoms with Crippen LogP contribution in [0.2, 0.25) is 51.4 Å². The first-order valence-corrected chi connectivity index (χ1v) is 38.6. The summed E-state index contributed by atoms with van der Waals surface area (Å²) in [6.45, 7) is 20.0. The second-order valence-corrected chi connectivity index (χ2v) is 30.8. The molecule has 0 saturated heterocycles. The van der Waals surface area contributed by atoms with Crippen molar-refractivity contribution in [2.24, 2.45) is 4.99 Å². The number of allylic oxidation sites excluding steroid dienone is 1. The van der Waals surface area contributed by atoms with Crippen LogP contribution in [0.5, 0.6) is 0 Å². The van der Waals surface area contributed by atoms with Crippen LogP contribution in [-0.4, -0.2) is 70.0 Å². The van der Waals surface area contributed by atoms with Gasteiger partial charge >= 0.3 is 0 Å². The molecule has 0 radical (unpaired) electrons. The molecule has 111 heavy (non-hydrogen) atoms. The molecule has 0 atom stereocenters. The van der Waals surface area contributed by atoms with Crippen molar-refractivity contribution >= 4 is 46.0 Å². The van der Waals surface area contributed by atoms with Crippen LogP contribution in [0.4, 0.5) is 0 Å². The number of carbonyl (C=O) groups is 2. The summed E-state index contributed by atoms with van der Waals surface area (Å²) >= 11 is 5.32. The summed E-state index contributed by atoms with van der Waals surface area (Å²) < 4.78 is 12.1. The van der Waals surface area contributed by atoms with E-state index in [0.717, 1.165) is 31.8 Å². The number of aliphatic imine (C=N–C) groups is 1. The molecular weight excluding hydrogens is 1410 g/mol. The van der Waals surface area contributed by atoms with Crippen molar-refractivity contribution in [3.63, 3.8) is 0 Å². The highest BCUT2D eigenvalue weighted by molar-refractivity contribution is 6.76. The van der Waals surface area contributed by atoms with E-state index >= 15 is 0 Å². The molecule has 0 fully saturated rings. The van der Waals surface area contributed by atoms with Crippen LogP contribution < -0.4 is 0 Å². The van der Waals surface area contributed by atoms with Gasteiger partial charge in [0.15, 0.2) is 12.6 Å². The molecular formula is C101H44ClN3O4Si2. The zero-order valence-corrected chi connectivity index (χ0v) is 63.5. The van der Waals surface area contributed by atoms with Gasteiger partial charge in [-0.1, -0.05) is 68.8 Å². The largest absolute Gasteiger partial charge is 0.366 e. The normalized spacial score (nSPS) is 6.48. The van der Waals surface area contributed by atoms with Gasteiger partial charge < -0.3 is 9.47 Å². The Hall–Kier alpha value is -18.6. The Bertz CT molecular complexity index is 6240. The Balaban J connectivity index is 0. The highest BCUT2D eigenvalue weighted by Gasteiger charge is 2.12. The molecule has 0 amide bonds. The van der Waals surface area contributed by atoms with E-state index in [9.17, 15) is 9.59 Å². The molecule has 1 aliphatic rings. The molecule has 0 N–H and O–H groups in total. The highest BCUT2D eigenvalue weighted by atomic mass is 35.5. The fourth-order valence-corrected chi connectivity index (χ4v) is 6.00. The van der Waals surface area contributed by atoms with E-state index in [-0.39, 0.29) is 0 Å². The third kappa shape index (κ3) is 85.6. The molecule has 2 rings (SSSR count). The van der Waals surface area contributed by atoms with Crippen LogP contribution in [0.1, 0.15) is 24.3 Å². The number of alkyl halides is 1. The Morgan fingerprint density at radius 1 is 0.324 bits per heavy atom. The second-order valence-electron chi connectivity index (χ2n) is 19.4. The smallest absolute Gasteiger partial charge is 0.170 e. The predicted molar refractivity (Wildman–Crippen MR) is 449 cm³/mol. The summed E-state index contributed by atoms with van der Waals surface area (Å²) in [6, 6.07) is 4.37. The maximum absolute atomic E-state index is 10.4. The summed E-state index contributed by atoms with van der Waals surface area (Å²) in [6.07, 6.45) is 6.80. The molecule has 1 aromatic heterocycles. The van der Waals surface area contributed by atoms with Gasteiger partial charge in [0.2, 0.25) is 0 Å². The molecule has 0 aliphatic carbocycles. The Labute approximate surface area is 665 Å². The first kappa shape index (κ1) is 94.5. The summed E-state index contributed by atoms with van der Waals surface area (Å²) in [5.74, 6) is 196. The van der Waals surface area contributed by atoms with E-state index in [2.05, 4.69) is 511 Å². The van der Waals surface area contributed by atoms with Crippen molar-refractivity contribution in [2.45, 2.75) is 71.9 Å². The van der Waals surface area contributed by atoms with E-state index < -0.39 is 16.1 Å². The number of nitrogens with zero attached hydrogens (tertiary/aromatic N) is 3. The molecule has 0 unspecified atom stereocenters. The van der Waals surface area contributed by atoms with Crippen molar-refractivity contribution in [1.29, 1.82) is 0 Å². The first-order chi connectivity index (χ1) is 54.4. The fourth-order valence-electron chi connectivity index (χ4n) is 4.38. The Kier molecular flexibility index (Phi) is 67.1. The third-order valence-electron chi connectivity index (χ3n) is 8.80. The van der Waals surface area contributed by atoms with E-state index in [4.69, 9.17) is 21.1 Å². The van der Waals surface area contributed by atoms with Gasteiger partial charge in [-0.2, -0.15) is 5.10 Å². The van der Waals surface area contributed by atoms with E-state index in [0.29, 0.717) is 30.7 Å². The molecule has 1 aromatic rings. The fraction of sp³-hybridized carbons (Fsp3) is 0.149. The van der Waals surface area contributed by atoms with Crippen molar-refractivity contribution in [3.8, 4) is 462 Å². The lowest BCUT2D eigenvalue weighted by Crippen LogP contribution is -2.22. The van der Waals surface area contributed by atoms with Crippen LogP contribution >= 0.6 is 11.6 Å². The van der Waals surface area contributed by atoms with Gasteiger partial charge in [0.1, 0.15) is 18.5 Å². The first-order valence-electron chi connectivity index (χ1n) is 30.6. The molecule has 2 heterocycles. The van der Waals surface area contributed by atoms with Gasteiger partial charge in [-0.15, -0.1) is 0 Å². The number of ether oxygens (including phenoxy) is 2. The molecule has 7 nitrogen and oxygen atoms in total. The van der Waals surface area contributed by atoms with Gasteiger partial charge in [0.25, 0.3) is 0 Å². The van der Waals surface area contributed by atoms with E-state index in [1.807, 2.05) is 6.08 Å². The quantitative estimate of drug-likeness (QED) is 0.0908. The zero-order chi connectivity index (χ0) is 80.9. The third-order valence-corrected chi connectivity index (χ3v) is 12.4. The second kappa shape index (κ2) is 78.8. The lowest BCUT2D eigenvalue weighted by atomic mass is 10.4.